The van der Waals surface area contributed by atoms with E-state index in [9.17, 15) is 4.79 Å². The van der Waals surface area contributed by atoms with Gasteiger partial charge in [-0.05, 0) is 40.2 Å². The molecule has 0 aliphatic rings. The number of amides is 1. The number of methoxy groups -OCH3 is 2. The van der Waals surface area contributed by atoms with Gasteiger partial charge in [-0.25, -0.2) is 4.68 Å². The van der Waals surface area contributed by atoms with Crippen LogP contribution in [0.4, 0.5) is 5.69 Å². The average molecular weight is 403 g/mol. The van der Waals surface area contributed by atoms with Gasteiger partial charge in [0.1, 0.15) is 16.0 Å². The van der Waals surface area contributed by atoms with E-state index in [1.165, 1.54) is 14.2 Å². The second-order valence-electron chi connectivity index (χ2n) is 5.01. The van der Waals surface area contributed by atoms with Gasteiger partial charge in [-0.2, -0.15) is 0 Å². The van der Waals surface area contributed by atoms with E-state index >= 15 is 0 Å². The predicted molar refractivity (Wildman–Crippen MR) is 96.6 cm³/mol. The summed E-state index contributed by atoms with van der Waals surface area (Å²) in [4.78, 5) is 12.7. The second-order valence-corrected chi connectivity index (χ2v) is 5.81. The summed E-state index contributed by atoms with van der Waals surface area (Å²) >= 11 is 3.39. The monoisotopic (exact) mass is 402 g/mol. The molecule has 3 aromatic rings. The number of rotatable bonds is 5. The Kier molecular flexibility index (Phi) is 4.99. The fourth-order valence-corrected chi connectivity index (χ4v) is 2.86. The lowest BCUT2D eigenvalue weighted by atomic mass is 10.1. The number of hydrogen-bond acceptors (Lipinski definition) is 5. The van der Waals surface area contributed by atoms with Gasteiger partial charge in [0.2, 0.25) is 0 Å². The van der Waals surface area contributed by atoms with Crippen molar-refractivity contribution in [1.82, 2.24) is 15.0 Å². The topological polar surface area (TPSA) is 78.3 Å². The molecule has 0 atom stereocenters. The smallest absolute Gasteiger partial charge is 0.255 e. The molecule has 1 N–H and O–H groups in total. The third-order valence-corrected chi connectivity index (χ3v) is 4.31. The minimum absolute atomic E-state index is 0.295. The summed E-state index contributed by atoms with van der Waals surface area (Å²) < 4.78 is 12.8. The van der Waals surface area contributed by atoms with Gasteiger partial charge < -0.3 is 14.8 Å². The van der Waals surface area contributed by atoms with Gasteiger partial charge in [0.25, 0.3) is 5.91 Å². The number of carbonyl (C=O) groups excluding carboxylic acids is 1. The van der Waals surface area contributed by atoms with E-state index in [1.54, 1.807) is 35.3 Å². The van der Waals surface area contributed by atoms with Crippen LogP contribution in [0.15, 0.2) is 53.3 Å². The van der Waals surface area contributed by atoms with Gasteiger partial charge in [-0.3, -0.25) is 4.79 Å². The minimum Gasteiger partial charge on any atom is -0.495 e. The summed E-state index contributed by atoms with van der Waals surface area (Å²) in [6.07, 6.45) is 3.28. The van der Waals surface area contributed by atoms with Crippen LogP contribution >= 0.6 is 15.9 Å². The molecule has 128 valence electrons. The molecule has 0 fully saturated rings. The number of ether oxygens (including phenoxy) is 2. The normalized spacial score (nSPS) is 10.4. The van der Waals surface area contributed by atoms with Crippen LogP contribution in [0, 0.1) is 0 Å². The van der Waals surface area contributed by atoms with Crippen molar-refractivity contribution in [2.24, 2.45) is 0 Å². The van der Waals surface area contributed by atoms with Crippen LogP contribution in [0.1, 0.15) is 10.4 Å². The molecule has 25 heavy (non-hydrogen) atoms. The predicted octanol–water partition coefficient (Wildman–Crippen LogP) is 3.30. The van der Waals surface area contributed by atoms with E-state index in [0.717, 1.165) is 0 Å². The van der Waals surface area contributed by atoms with Crippen LogP contribution in [0.2, 0.25) is 0 Å². The molecule has 3 rings (SSSR count). The van der Waals surface area contributed by atoms with Gasteiger partial charge in [0.15, 0.2) is 0 Å². The van der Waals surface area contributed by atoms with Crippen molar-refractivity contribution in [3.8, 4) is 17.2 Å². The molecule has 2 aromatic carbocycles. The molecule has 0 aliphatic carbocycles. The Morgan fingerprint density at radius 3 is 2.44 bits per heavy atom. The Morgan fingerprint density at radius 2 is 1.84 bits per heavy atom. The molecule has 0 unspecified atom stereocenters. The molecule has 0 saturated carbocycles. The number of carbonyl (C=O) groups is 1. The number of anilines is 1. The van der Waals surface area contributed by atoms with Crippen LogP contribution in [-0.4, -0.2) is 35.1 Å². The fourth-order valence-electron chi connectivity index (χ4n) is 2.31. The molecule has 1 heterocycles. The summed E-state index contributed by atoms with van der Waals surface area (Å²) in [5.74, 6) is 0.722. The van der Waals surface area contributed by atoms with Gasteiger partial charge in [0.05, 0.1) is 38.0 Å². The van der Waals surface area contributed by atoms with Crippen LogP contribution < -0.4 is 14.8 Å². The molecule has 1 amide bonds. The Morgan fingerprint density at radius 1 is 1.16 bits per heavy atom. The Hall–Kier alpha value is -2.87. The number of para-hydroxylation sites is 2. The zero-order chi connectivity index (χ0) is 17.8. The SMILES string of the molecule is COc1cc(C(=O)Nc2ccccc2-n2ccnn2)cc(OC)c1Br. The number of aromatic nitrogens is 3. The molecule has 0 aliphatic heterocycles. The van der Waals surface area contributed by atoms with E-state index in [1.807, 2.05) is 18.2 Å². The third-order valence-electron chi connectivity index (χ3n) is 3.53. The highest BCUT2D eigenvalue weighted by Gasteiger charge is 2.16. The zero-order valence-corrected chi connectivity index (χ0v) is 15.1. The van der Waals surface area contributed by atoms with Crippen LogP contribution in [0.3, 0.4) is 0 Å². The first-order chi connectivity index (χ1) is 12.1. The van der Waals surface area contributed by atoms with Crippen LogP contribution in [0.5, 0.6) is 11.5 Å². The van der Waals surface area contributed by atoms with Crippen molar-refractivity contribution in [3.05, 3.63) is 58.8 Å². The fraction of sp³-hybridized carbons (Fsp3) is 0.118. The van der Waals surface area contributed by atoms with E-state index in [-0.39, 0.29) is 5.91 Å². The van der Waals surface area contributed by atoms with E-state index < -0.39 is 0 Å². The molecule has 0 radical (unpaired) electrons. The molecule has 0 bridgehead atoms. The maximum Gasteiger partial charge on any atom is 0.255 e. The largest absolute Gasteiger partial charge is 0.495 e. The van der Waals surface area contributed by atoms with Gasteiger partial charge >= 0.3 is 0 Å². The van der Waals surface area contributed by atoms with Gasteiger partial charge in [-0.15, -0.1) is 5.10 Å². The van der Waals surface area contributed by atoms with Gasteiger partial charge in [-0.1, -0.05) is 17.3 Å². The highest BCUT2D eigenvalue weighted by atomic mass is 79.9. The quantitative estimate of drug-likeness (QED) is 0.708. The lowest BCUT2D eigenvalue weighted by Crippen LogP contribution is -2.14. The number of benzene rings is 2. The molecule has 7 nitrogen and oxygen atoms in total. The van der Waals surface area contributed by atoms with Crippen molar-refractivity contribution >= 4 is 27.5 Å². The third kappa shape index (κ3) is 3.48. The summed E-state index contributed by atoms with van der Waals surface area (Å²) in [7, 11) is 3.06. The summed E-state index contributed by atoms with van der Waals surface area (Å²) in [5, 5.41) is 10.6. The van der Waals surface area contributed by atoms with Crippen molar-refractivity contribution < 1.29 is 14.3 Å². The van der Waals surface area contributed by atoms with Crippen LogP contribution in [0.25, 0.3) is 5.69 Å². The summed E-state index contributed by atoms with van der Waals surface area (Å²) in [5.41, 5.74) is 1.73. The first-order valence-electron chi connectivity index (χ1n) is 7.32. The molecular formula is C17H15BrN4O3. The maximum absolute atomic E-state index is 12.7. The number of nitrogens with one attached hydrogen (secondary N) is 1. The molecule has 8 heteroatoms. The van der Waals surface area contributed by atoms with Crippen molar-refractivity contribution in [2.75, 3.05) is 19.5 Å². The van der Waals surface area contributed by atoms with Crippen molar-refractivity contribution in [3.63, 3.8) is 0 Å². The lowest BCUT2D eigenvalue weighted by Gasteiger charge is -2.13. The zero-order valence-electron chi connectivity index (χ0n) is 13.6. The van der Waals surface area contributed by atoms with Crippen molar-refractivity contribution in [2.45, 2.75) is 0 Å². The first-order valence-corrected chi connectivity index (χ1v) is 8.12. The van der Waals surface area contributed by atoms with Crippen LogP contribution in [-0.2, 0) is 0 Å². The molecular weight excluding hydrogens is 388 g/mol. The highest BCUT2D eigenvalue weighted by Crippen LogP contribution is 2.36. The summed E-state index contributed by atoms with van der Waals surface area (Å²) in [6.45, 7) is 0. The first kappa shape index (κ1) is 17.0. The standard InChI is InChI=1S/C17H15BrN4O3/c1-24-14-9-11(10-15(25-2)16(14)18)17(23)20-12-5-3-4-6-13(12)22-8-7-19-21-22/h3-10H,1-2H3,(H,20,23). The molecule has 0 spiro atoms. The second kappa shape index (κ2) is 7.35. The lowest BCUT2D eigenvalue weighted by molar-refractivity contribution is 0.102. The van der Waals surface area contributed by atoms with E-state index in [2.05, 4.69) is 31.6 Å². The maximum atomic E-state index is 12.7. The number of hydrogen-bond donors (Lipinski definition) is 1. The highest BCUT2D eigenvalue weighted by molar-refractivity contribution is 9.10. The Balaban J connectivity index is 1.94. The molecule has 1 aromatic heterocycles. The number of nitrogens with zero attached hydrogens (tertiary/aromatic N) is 3. The van der Waals surface area contributed by atoms with Gasteiger partial charge in [0, 0.05) is 5.56 Å². The summed E-state index contributed by atoms with van der Waals surface area (Å²) in [6, 6.07) is 10.6. The average Bonchev–Trinajstić information content (AvgIpc) is 3.16. The Bertz CT molecular complexity index is 872. The van der Waals surface area contributed by atoms with Crippen molar-refractivity contribution in [1.29, 1.82) is 0 Å². The Labute approximate surface area is 152 Å². The van der Waals surface area contributed by atoms with E-state index in [4.69, 9.17) is 9.47 Å². The molecule has 0 saturated heterocycles. The van der Waals surface area contributed by atoms with E-state index in [0.29, 0.717) is 32.9 Å². The number of halogens is 1. The minimum atomic E-state index is -0.295.